The maximum atomic E-state index is 12.9. The fourth-order valence-corrected chi connectivity index (χ4v) is 6.27. The van der Waals surface area contributed by atoms with E-state index in [2.05, 4.69) is 0 Å². The lowest BCUT2D eigenvalue weighted by Gasteiger charge is -2.40. The summed E-state index contributed by atoms with van der Waals surface area (Å²) in [5.74, 6) is -1.67. The van der Waals surface area contributed by atoms with Crippen molar-refractivity contribution in [1.29, 1.82) is 0 Å². The number of ether oxygens (including phenoxy) is 4. The first-order valence-electron chi connectivity index (χ1n) is 15.4. The van der Waals surface area contributed by atoms with Gasteiger partial charge in [0, 0.05) is 25.2 Å². The lowest BCUT2D eigenvalue weighted by molar-refractivity contribution is -0.278. The van der Waals surface area contributed by atoms with Crippen LogP contribution >= 0.6 is 0 Å². The minimum Gasteiger partial charge on any atom is -0.508 e. The van der Waals surface area contributed by atoms with E-state index in [1.54, 1.807) is 12.1 Å². The van der Waals surface area contributed by atoms with Gasteiger partial charge >= 0.3 is 5.97 Å². The average molecular weight is 645 g/mol. The molecule has 2 fully saturated rings. The van der Waals surface area contributed by atoms with Gasteiger partial charge in [-0.15, -0.1) is 0 Å². The molecular formula is C33H40O13. The molecule has 0 aromatic heterocycles. The summed E-state index contributed by atoms with van der Waals surface area (Å²) < 4.78 is 22.8. The predicted octanol–water partition coefficient (Wildman–Crippen LogP) is 1.64. The Labute approximate surface area is 265 Å². The third kappa shape index (κ3) is 7.63. The van der Waals surface area contributed by atoms with Crippen molar-refractivity contribution >= 4 is 11.8 Å². The molecule has 1 aliphatic carbocycles. The first kappa shape index (κ1) is 33.6. The monoisotopic (exact) mass is 644 g/mol. The van der Waals surface area contributed by atoms with Gasteiger partial charge in [0.25, 0.3) is 0 Å². The third-order valence-corrected chi connectivity index (χ3v) is 8.80. The number of benzene rings is 2. The molecule has 250 valence electrons. The topological polar surface area (TPSA) is 213 Å². The van der Waals surface area contributed by atoms with Crippen LogP contribution in [0.4, 0.5) is 0 Å². The molecule has 13 nitrogen and oxygen atoms in total. The summed E-state index contributed by atoms with van der Waals surface area (Å²) in [7, 11) is 0. The van der Waals surface area contributed by atoms with E-state index in [-0.39, 0.29) is 59.9 Å². The number of aliphatic hydroxyl groups is 5. The van der Waals surface area contributed by atoms with Crippen molar-refractivity contribution < 1.29 is 64.3 Å². The van der Waals surface area contributed by atoms with Crippen LogP contribution in [0.15, 0.2) is 48.6 Å². The van der Waals surface area contributed by atoms with Crippen LogP contribution in [0, 0.1) is 11.8 Å². The zero-order chi connectivity index (χ0) is 33.0. The molecule has 0 spiro atoms. The van der Waals surface area contributed by atoms with Crippen LogP contribution in [0.1, 0.15) is 60.6 Å². The van der Waals surface area contributed by atoms with Crippen molar-refractivity contribution in [2.45, 2.75) is 81.4 Å². The van der Waals surface area contributed by atoms with E-state index in [0.717, 1.165) is 6.07 Å². The first-order chi connectivity index (χ1) is 22.0. The fourth-order valence-electron chi connectivity index (χ4n) is 6.27. The summed E-state index contributed by atoms with van der Waals surface area (Å²) >= 11 is 0. The number of carbonyl (C=O) groups excluding carboxylic acids is 2. The number of esters is 1. The Morgan fingerprint density at radius 3 is 2.48 bits per heavy atom. The van der Waals surface area contributed by atoms with Gasteiger partial charge in [-0.25, -0.2) is 0 Å². The van der Waals surface area contributed by atoms with Crippen molar-refractivity contribution in [2.75, 3.05) is 13.2 Å². The maximum Gasteiger partial charge on any atom is 0.306 e. The van der Waals surface area contributed by atoms with Gasteiger partial charge in [0.05, 0.1) is 12.5 Å². The van der Waals surface area contributed by atoms with E-state index in [1.807, 2.05) is 12.2 Å². The number of phenols is 2. The molecule has 2 aliphatic heterocycles. The third-order valence-electron chi connectivity index (χ3n) is 8.80. The second kappa shape index (κ2) is 14.8. The molecule has 1 saturated carbocycles. The van der Waals surface area contributed by atoms with Gasteiger partial charge in [-0.3, -0.25) is 9.59 Å². The average Bonchev–Trinajstić information content (AvgIpc) is 3.36. The maximum absolute atomic E-state index is 12.9. The number of aliphatic hydroxyl groups excluding tert-OH is 5. The highest BCUT2D eigenvalue weighted by Crippen LogP contribution is 2.43. The molecule has 9 atom stereocenters. The Kier molecular flexibility index (Phi) is 10.8. The van der Waals surface area contributed by atoms with Crippen LogP contribution < -0.4 is 9.47 Å². The highest BCUT2D eigenvalue weighted by molar-refractivity contribution is 6.02. The molecule has 2 aromatic rings. The van der Waals surface area contributed by atoms with E-state index < -0.39 is 61.2 Å². The van der Waals surface area contributed by atoms with Gasteiger partial charge in [0.2, 0.25) is 6.29 Å². The number of Topliss-reactive ketones (excluding diaryl/α,β-unsaturated/α-hetero) is 1. The standard InChI is InChI=1S/C33H40O13/c34-11-3-1-2-4-21-18(7-10-22(21)36)12-28(39)43-16-27-30(40)31(41)32(42)33(46-27)44-20-13-23(37)29-24(38)15-25(45-26(29)14-20)17-5-8-19(35)9-6-17/h1-2,5-6,8-9,13-14,18,21-22,25,27,30-37,40-42H,3-4,7,10-12,15-16H2/b2-1-/t18-,21-,22+,25+,27-,30-,31+,32-,33-/m1/s1. The predicted molar refractivity (Wildman–Crippen MR) is 159 cm³/mol. The van der Waals surface area contributed by atoms with Gasteiger partial charge in [-0.2, -0.15) is 0 Å². The zero-order valence-corrected chi connectivity index (χ0v) is 25.1. The number of hydrogen-bond acceptors (Lipinski definition) is 13. The summed E-state index contributed by atoms with van der Waals surface area (Å²) in [6.07, 6.45) is -3.24. The first-order valence-corrected chi connectivity index (χ1v) is 15.4. The number of hydrogen-bond donors (Lipinski definition) is 7. The molecule has 13 heteroatoms. The molecule has 46 heavy (non-hydrogen) atoms. The van der Waals surface area contributed by atoms with Gasteiger partial charge in [-0.1, -0.05) is 24.3 Å². The number of allylic oxidation sites excluding steroid dienone is 1. The Morgan fingerprint density at radius 2 is 1.74 bits per heavy atom. The molecule has 0 unspecified atom stereocenters. The van der Waals surface area contributed by atoms with Crippen molar-refractivity contribution in [2.24, 2.45) is 11.8 Å². The Morgan fingerprint density at radius 1 is 0.978 bits per heavy atom. The second-order valence-electron chi connectivity index (χ2n) is 11.9. The highest BCUT2D eigenvalue weighted by atomic mass is 16.7. The number of rotatable bonds is 11. The summed E-state index contributed by atoms with van der Waals surface area (Å²) in [5, 5.41) is 71.2. The molecule has 0 bridgehead atoms. The van der Waals surface area contributed by atoms with Crippen LogP contribution in [-0.4, -0.2) is 97.5 Å². The number of carbonyl (C=O) groups is 2. The smallest absolute Gasteiger partial charge is 0.306 e. The van der Waals surface area contributed by atoms with Crippen LogP contribution in [0.25, 0.3) is 0 Å². The zero-order valence-electron chi connectivity index (χ0n) is 25.1. The van der Waals surface area contributed by atoms with E-state index in [1.165, 1.54) is 18.2 Å². The summed E-state index contributed by atoms with van der Waals surface area (Å²) in [6.45, 7) is -0.429. The van der Waals surface area contributed by atoms with Crippen LogP contribution in [0.2, 0.25) is 0 Å². The number of fused-ring (bicyclic) bond motifs is 1. The van der Waals surface area contributed by atoms with Gasteiger partial charge in [-0.05, 0) is 55.2 Å². The molecule has 0 amide bonds. The van der Waals surface area contributed by atoms with E-state index in [9.17, 15) is 40.2 Å². The molecule has 7 N–H and O–H groups in total. The summed E-state index contributed by atoms with van der Waals surface area (Å²) in [4.78, 5) is 25.6. The fraction of sp³-hybridized carbons (Fsp3) is 0.515. The summed E-state index contributed by atoms with van der Waals surface area (Å²) in [6, 6.07) is 8.60. The Hall–Kier alpha value is -3.72. The second-order valence-corrected chi connectivity index (χ2v) is 11.9. The highest BCUT2D eigenvalue weighted by Gasteiger charge is 2.46. The Balaban J connectivity index is 1.21. The van der Waals surface area contributed by atoms with E-state index >= 15 is 0 Å². The van der Waals surface area contributed by atoms with Crippen LogP contribution in [0.5, 0.6) is 23.0 Å². The lowest BCUT2D eigenvalue weighted by Crippen LogP contribution is -2.60. The minimum atomic E-state index is -1.73. The van der Waals surface area contributed by atoms with Crippen LogP contribution in [0.3, 0.4) is 0 Å². The van der Waals surface area contributed by atoms with Gasteiger partial charge in [0.1, 0.15) is 65.7 Å². The molecule has 5 rings (SSSR count). The molecular weight excluding hydrogens is 604 g/mol. The van der Waals surface area contributed by atoms with Crippen LogP contribution in [-0.2, 0) is 14.3 Å². The largest absolute Gasteiger partial charge is 0.508 e. The van der Waals surface area contributed by atoms with Crippen molar-refractivity contribution in [3.05, 3.63) is 59.7 Å². The molecule has 2 aromatic carbocycles. The molecule has 1 saturated heterocycles. The van der Waals surface area contributed by atoms with Crippen molar-refractivity contribution in [3.63, 3.8) is 0 Å². The number of ketones is 1. The quantitative estimate of drug-likeness (QED) is 0.137. The van der Waals surface area contributed by atoms with Gasteiger partial charge in [0.15, 0.2) is 5.78 Å². The summed E-state index contributed by atoms with van der Waals surface area (Å²) in [5.41, 5.74) is 0.573. The SMILES string of the molecule is O=C(C[C@H]1CC[C@H](O)[C@@H]1C/C=C\CCO)OC[C@H]1O[C@@H](Oc2cc(O)c3c(c2)O[C@H](c2ccc(O)cc2)CC3=O)[C@H](O)[C@@H](O)[C@@H]1O. The lowest BCUT2D eigenvalue weighted by atomic mass is 9.89. The van der Waals surface area contributed by atoms with E-state index in [0.29, 0.717) is 31.2 Å². The van der Waals surface area contributed by atoms with Gasteiger partial charge < -0.3 is 54.7 Å². The normalized spacial score (nSPS) is 31.0. The number of phenolic OH excluding ortho intramolecular Hbond substituents is 2. The minimum absolute atomic E-state index is 0.0138. The number of aromatic hydroxyl groups is 2. The Bertz CT molecular complexity index is 1390. The molecule has 3 aliphatic rings. The molecule has 0 radical (unpaired) electrons. The van der Waals surface area contributed by atoms with Crippen molar-refractivity contribution in [3.8, 4) is 23.0 Å². The van der Waals surface area contributed by atoms with Crippen molar-refractivity contribution in [1.82, 2.24) is 0 Å². The molecule has 2 heterocycles. The van der Waals surface area contributed by atoms with E-state index in [4.69, 9.17) is 24.1 Å².